The van der Waals surface area contributed by atoms with Crippen LogP contribution in [0.3, 0.4) is 0 Å². The molecule has 2 aromatic rings. The van der Waals surface area contributed by atoms with Crippen LogP contribution < -0.4 is 14.4 Å². The lowest BCUT2D eigenvalue weighted by Crippen LogP contribution is -2.51. The number of carbonyl (C=O) groups is 1. The lowest BCUT2D eigenvalue weighted by Gasteiger charge is -2.35. The Hall–Kier alpha value is -2.54. The molecule has 0 saturated heterocycles. The van der Waals surface area contributed by atoms with Gasteiger partial charge in [-0.05, 0) is 56.0 Å². The quantitative estimate of drug-likeness (QED) is 0.596. The van der Waals surface area contributed by atoms with Crippen molar-refractivity contribution < 1.29 is 17.9 Å². The third-order valence-corrected chi connectivity index (χ3v) is 7.79. The third kappa shape index (κ3) is 5.44. The molecular formula is C25H34N2O4S. The molecule has 2 atom stereocenters. The summed E-state index contributed by atoms with van der Waals surface area (Å²) in [7, 11) is -3.85. The van der Waals surface area contributed by atoms with Gasteiger partial charge in [-0.15, -0.1) is 0 Å². The predicted octanol–water partition coefficient (Wildman–Crippen LogP) is 4.59. The Morgan fingerprint density at radius 1 is 1.12 bits per heavy atom. The molecule has 0 fully saturated rings. The molecule has 0 aromatic heterocycles. The van der Waals surface area contributed by atoms with Gasteiger partial charge in [-0.2, -0.15) is 0 Å². The van der Waals surface area contributed by atoms with Crippen LogP contribution in [0.1, 0.15) is 50.7 Å². The fraction of sp³-hybridized carbons (Fsp3) is 0.480. The van der Waals surface area contributed by atoms with Crippen LogP contribution >= 0.6 is 0 Å². The van der Waals surface area contributed by atoms with E-state index in [4.69, 9.17) is 4.74 Å². The van der Waals surface area contributed by atoms with Crippen molar-refractivity contribution in [2.75, 3.05) is 17.4 Å². The van der Waals surface area contributed by atoms with Crippen LogP contribution in [0.4, 0.5) is 5.69 Å². The van der Waals surface area contributed by atoms with Crippen molar-refractivity contribution in [1.82, 2.24) is 5.32 Å². The Balaban J connectivity index is 1.85. The molecule has 1 N–H and O–H groups in total. The normalized spacial score (nSPS) is 16.8. The molecule has 1 aliphatic heterocycles. The molecule has 1 heterocycles. The molecule has 32 heavy (non-hydrogen) atoms. The summed E-state index contributed by atoms with van der Waals surface area (Å²) in [4.78, 5) is 13.2. The lowest BCUT2D eigenvalue weighted by molar-refractivity contribution is -0.127. The van der Waals surface area contributed by atoms with Crippen molar-refractivity contribution in [3.05, 3.63) is 53.6 Å². The van der Waals surface area contributed by atoms with Gasteiger partial charge in [-0.25, -0.2) is 8.42 Å². The number of fused-ring (bicyclic) bond motifs is 1. The van der Waals surface area contributed by atoms with Gasteiger partial charge in [-0.3, -0.25) is 9.10 Å². The van der Waals surface area contributed by atoms with Crippen LogP contribution in [-0.2, 0) is 14.8 Å². The van der Waals surface area contributed by atoms with Crippen molar-refractivity contribution in [2.45, 2.75) is 64.4 Å². The van der Waals surface area contributed by atoms with Crippen molar-refractivity contribution in [3.63, 3.8) is 0 Å². The van der Waals surface area contributed by atoms with Crippen LogP contribution in [0.2, 0.25) is 0 Å². The number of rotatable bonds is 9. The Kier molecular flexibility index (Phi) is 7.82. The molecule has 1 amide bonds. The Morgan fingerprint density at radius 3 is 2.47 bits per heavy atom. The van der Waals surface area contributed by atoms with E-state index >= 15 is 0 Å². The molecule has 174 valence electrons. The highest BCUT2D eigenvalue weighted by molar-refractivity contribution is 7.92. The first-order valence-electron chi connectivity index (χ1n) is 11.4. The van der Waals surface area contributed by atoms with Crippen LogP contribution in [0, 0.1) is 19.8 Å². The maximum absolute atomic E-state index is 13.5. The zero-order valence-corrected chi connectivity index (χ0v) is 20.2. The molecule has 2 unspecified atom stereocenters. The molecule has 0 bridgehead atoms. The lowest BCUT2D eigenvalue weighted by atomic mass is 9.99. The summed E-state index contributed by atoms with van der Waals surface area (Å²) in [5.41, 5.74) is 2.37. The van der Waals surface area contributed by atoms with Gasteiger partial charge < -0.3 is 10.1 Å². The monoisotopic (exact) mass is 458 g/mol. The summed E-state index contributed by atoms with van der Waals surface area (Å²) in [6.45, 7) is 8.60. The number of sulfonamides is 1. The second-order valence-electron chi connectivity index (χ2n) is 8.59. The number of amides is 1. The largest absolute Gasteiger partial charge is 0.476 e. The van der Waals surface area contributed by atoms with E-state index in [1.165, 1.54) is 4.31 Å². The number of unbranched alkanes of at least 4 members (excludes halogenated alkanes) is 1. The predicted molar refractivity (Wildman–Crippen MR) is 128 cm³/mol. The maximum Gasteiger partial charge on any atom is 0.264 e. The van der Waals surface area contributed by atoms with Gasteiger partial charge in [0.1, 0.15) is 5.75 Å². The van der Waals surface area contributed by atoms with Crippen molar-refractivity contribution in [1.29, 1.82) is 0 Å². The third-order valence-electron chi connectivity index (χ3n) is 5.99. The highest BCUT2D eigenvalue weighted by atomic mass is 32.2. The minimum atomic E-state index is -3.85. The standard InChI is InChI=1S/C25H34N2O4S/c1-5-7-8-20(6-2)16-26-25(28)24-17-27(22-14-11-19(4)15-23(22)31-24)32(29,30)21-12-9-18(3)10-13-21/h9-15,20,24H,5-8,16-17H2,1-4H3,(H,26,28). The zero-order valence-electron chi connectivity index (χ0n) is 19.4. The summed E-state index contributed by atoms with van der Waals surface area (Å²) in [6, 6.07) is 12.1. The molecular weight excluding hydrogens is 424 g/mol. The molecule has 7 heteroatoms. The number of ether oxygens (including phenoxy) is 1. The summed E-state index contributed by atoms with van der Waals surface area (Å²) < 4.78 is 34.3. The summed E-state index contributed by atoms with van der Waals surface area (Å²) in [5, 5.41) is 2.99. The Labute approximate surface area is 192 Å². The molecule has 0 aliphatic carbocycles. The average Bonchev–Trinajstić information content (AvgIpc) is 2.78. The number of carbonyl (C=O) groups excluding carboxylic acids is 1. The first-order valence-corrected chi connectivity index (χ1v) is 12.8. The van der Waals surface area contributed by atoms with E-state index in [0.29, 0.717) is 23.9 Å². The van der Waals surface area contributed by atoms with Gasteiger partial charge in [0.15, 0.2) is 6.10 Å². The van der Waals surface area contributed by atoms with Crippen molar-refractivity contribution >= 4 is 21.6 Å². The van der Waals surface area contributed by atoms with Crippen LogP contribution in [-0.4, -0.2) is 33.5 Å². The Bertz CT molecular complexity index is 1030. The second kappa shape index (κ2) is 10.4. The number of nitrogens with one attached hydrogen (secondary N) is 1. The number of nitrogens with zero attached hydrogens (tertiary/aromatic N) is 1. The van der Waals surface area contributed by atoms with Gasteiger partial charge in [0.2, 0.25) is 0 Å². The van der Waals surface area contributed by atoms with Crippen LogP contribution in [0.15, 0.2) is 47.4 Å². The zero-order chi connectivity index (χ0) is 23.3. The van der Waals surface area contributed by atoms with E-state index in [0.717, 1.165) is 36.8 Å². The first-order chi connectivity index (χ1) is 15.3. The number of anilines is 1. The molecule has 0 radical (unpaired) electrons. The number of hydrogen-bond acceptors (Lipinski definition) is 4. The van der Waals surface area contributed by atoms with Crippen LogP contribution in [0.5, 0.6) is 5.75 Å². The minimum Gasteiger partial charge on any atom is -0.476 e. The summed E-state index contributed by atoms with van der Waals surface area (Å²) in [6.07, 6.45) is 3.39. The average molecular weight is 459 g/mol. The van der Waals surface area contributed by atoms with Crippen LogP contribution in [0.25, 0.3) is 0 Å². The Morgan fingerprint density at radius 2 is 1.81 bits per heavy atom. The van der Waals surface area contributed by atoms with Crippen molar-refractivity contribution in [2.24, 2.45) is 5.92 Å². The maximum atomic E-state index is 13.5. The van der Waals surface area contributed by atoms with E-state index in [2.05, 4.69) is 19.2 Å². The SMILES string of the molecule is CCCCC(CC)CNC(=O)C1CN(S(=O)(=O)c2ccc(C)cc2)c2ccc(C)cc2O1. The number of benzene rings is 2. The highest BCUT2D eigenvalue weighted by Crippen LogP contribution is 2.37. The van der Waals surface area contributed by atoms with E-state index < -0.39 is 16.1 Å². The molecule has 1 aliphatic rings. The molecule has 0 saturated carbocycles. The minimum absolute atomic E-state index is 0.0656. The van der Waals surface area contributed by atoms with Gasteiger partial charge in [0, 0.05) is 6.54 Å². The van der Waals surface area contributed by atoms with Gasteiger partial charge >= 0.3 is 0 Å². The van der Waals surface area contributed by atoms with Gasteiger partial charge in [0.05, 0.1) is 17.1 Å². The fourth-order valence-corrected chi connectivity index (χ4v) is 5.34. The van der Waals surface area contributed by atoms with E-state index in [-0.39, 0.29) is 17.3 Å². The van der Waals surface area contributed by atoms with E-state index in [9.17, 15) is 13.2 Å². The fourth-order valence-electron chi connectivity index (χ4n) is 3.86. The van der Waals surface area contributed by atoms with Crippen molar-refractivity contribution in [3.8, 4) is 5.75 Å². The van der Waals surface area contributed by atoms with Gasteiger partial charge in [-0.1, -0.05) is 56.9 Å². The van der Waals surface area contributed by atoms with E-state index in [1.807, 2.05) is 19.9 Å². The summed E-state index contributed by atoms with van der Waals surface area (Å²) >= 11 is 0. The first kappa shape index (κ1) is 24.1. The number of hydrogen-bond donors (Lipinski definition) is 1. The second-order valence-corrected chi connectivity index (χ2v) is 10.5. The summed E-state index contributed by atoms with van der Waals surface area (Å²) in [5.74, 6) is 0.533. The molecule has 0 spiro atoms. The molecule has 2 aromatic carbocycles. The number of aryl methyl sites for hydroxylation is 2. The highest BCUT2D eigenvalue weighted by Gasteiger charge is 2.37. The smallest absolute Gasteiger partial charge is 0.264 e. The molecule has 6 nitrogen and oxygen atoms in total. The van der Waals surface area contributed by atoms with E-state index in [1.54, 1.807) is 36.4 Å². The van der Waals surface area contributed by atoms with Gasteiger partial charge in [0.25, 0.3) is 15.9 Å². The topological polar surface area (TPSA) is 75.7 Å². The molecule has 3 rings (SSSR count).